The summed E-state index contributed by atoms with van der Waals surface area (Å²) in [5.41, 5.74) is 4.70. The summed E-state index contributed by atoms with van der Waals surface area (Å²) in [5, 5.41) is 3.67. The molecule has 3 saturated heterocycles. The Kier molecular flexibility index (Phi) is 5.32. The molecular formula is C13H21N5O7S. The number of rotatable bonds is 4. The second-order valence-corrected chi connectivity index (χ2v) is 7.54. The first kappa shape index (κ1) is 18.8. The second-order valence-electron chi connectivity index (χ2n) is 6.53. The lowest BCUT2D eigenvalue weighted by molar-refractivity contribution is -0.133. The molecule has 0 spiro atoms. The number of carbonyl (C=O) groups is 3. The number of hydroxylamine groups is 2. The Bertz CT molecular complexity index is 693. The van der Waals surface area contributed by atoms with E-state index in [2.05, 4.69) is 20.5 Å². The van der Waals surface area contributed by atoms with Gasteiger partial charge in [0.2, 0.25) is 5.91 Å². The number of amides is 4. The van der Waals surface area contributed by atoms with Crippen molar-refractivity contribution in [2.75, 3.05) is 19.6 Å². The van der Waals surface area contributed by atoms with Gasteiger partial charge in [0.25, 0.3) is 5.91 Å². The summed E-state index contributed by atoms with van der Waals surface area (Å²) in [6, 6.07) is -2.26. The zero-order chi connectivity index (χ0) is 18.9. The van der Waals surface area contributed by atoms with Crippen molar-refractivity contribution in [3.05, 3.63) is 0 Å². The third-order valence-electron chi connectivity index (χ3n) is 4.78. The van der Waals surface area contributed by atoms with E-state index in [0.29, 0.717) is 18.0 Å². The van der Waals surface area contributed by atoms with Crippen LogP contribution >= 0.6 is 0 Å². The van der Waals surface area contributed by atoms with Gasteiger partial charge in [0.05, 0.1) is 12.0 Å². The van der Waals surface area contributed by atoms with Crippen molar-refractivity contribution in [2.45, 2.75) is 37.8 Å². The van der Waals surface area contributed by atoms with Crippen LogP contribution in [0.2, 0.25) is 0 Å². The second kappa shape index (κ2) is 7.34. The highest BCUT2D eigenvalue weighted by atomic mass is 32.3. The molecule has 1 unspecified atom stereocenters. The predicted molar refractivity (Wildman–Crippen MR) is 85.3 cm³/mol. The number of hydrogen-bond donors (Lipinski definition) is 4. The number of hydrazine groups is 1. The van der Waals surface area contributed by atoms with Crippen molar-refractivity contribution in [1.29, 1.82) is 0 Å². The molecule has 0 aromatic heterocycles. The first-order valence-corrected chi connectivity index (χ1v) is 9.70. The van der Waals surface area contributed by atoms with Gasteiger partial charge in [-0.1, -0.05) is 0 Å². The van der Waals surface area contributed by atoms with Gasteiger partial charge in [-0.15, -0.1) is 4.28 Å². The SMILES string of the molecule is O=C(NNC(=O)[C@H]1CC[C@@H]2CN1C(=O)N2OS(=O)(=O)O)C1CCCNC1. The average molecular weight is 391 g/mol. The minimum atomic E-state index is -4.84. The first-order chi connectivity index (χ1) is 12.3. The highest BCUT2D eigenvalue weighted by molar-refractivity contribution is 7.80. The Morgan fingerprint density at radius 2 is 1.92 bits per heavy atom. The average Bonchev–Trinajstić information content (AvgIpc) is 2.84. The van der Waals surface area contributed by atoms with E-state index in [0.717, 1.165) is 24.3 Å². The van der Waals surface area contributed by atoms with E-state index in [1.54, 1.807) is 0 Å². The van der Waals surface area contributed by atoms with Gasteiger partial charge >= 0.3 is 16.4 Å². The van der Waals surface area contributed by atoms with Crippen LogP contribution in [0.1, 0.15) is 25.7 Å². The Balaban J connectivity index is 1.56. The smallest absolute Gasteiger partial charge is 0.316 e. The van der Waals surface area contributed by atoms with Crippen LogP contribution in [-0.4, -0.2) is 72.5 Å². The number of hydrogen-bond acceptors (Lipinski definition) is 7. The zero-order valence-electron chi connectivity index (χ0n) is 13.9. The topological polar surface area (TPSA) is 157 Å². The first-order valence-electron chi connectivity index (χ1n) is 8.33. The highest BCUT2D eigenvalue weighted by Gasteiger charge is 2.49. The molecule has 3 heterocycles. The molecule has 3 atom stereocenters. The molecule has 12 nitrogen and oxygen atoms in total. The molecule has 4 amide bonds. The van der Waals surface area contributed by atoms with Gasteiger partial charge < -0.3 is 10.2 Å². The molecule has 0 aromatic rings. The lowest BCUT2D eigenvalue weighted by Crippen LogP contribution is -2.55. The fourth-order valence-electron chi connectivity index (χ4n) is 3.49. The van der Waals surface area contributed by atoms with Crippen LogP contribution in [0.5, 0.6) is 0 Å². The number of nitrogens with zero attached hydrogens (tertiary/aromatic N) is 2. The number of piperidine rings is 2. The van der Waals surface area contributed by atoms with Gasteiger partial charge in [0.1, 0.15) is 6.04 Å². The summed E-state index contributed by atoms with van der Waals surface area (Å²) in [5.74, 6) is -1.10. The molecule has 0 aliphatic carbocycles. The monoisotopic (exact) mass is 391 g/mol. The van der Waals surface area contributed by atoms with E-state index in [1.807, 2.05) is 0 Å². The summed E-state index contributed by atoms with van der Waals surface area (Å²) in [6.07, 6.45) is 2.19. The largest absolute Gasteiger partial charge is 0.418 e. The Morgan fingerprint density at radius 1 is 1.19 bits per heavy atom. The predicted octanol–water partition coefficient (Wildman–Crippen LogP) is -1.86. The van der Waals surface area contributed by atoms with Crippen molar-refractivity contribution >= 4 is 28.2 Å². The maximum Gasteiger partial charge on any atom is 0.418 e. The molecule has 0 aromatic carbocycles. The molecule has 3 aliphatic rings. The number of fused-ring (bicyclic) bond motifs is 2. The van der Waals surface area contributed by atoms with Gasteiger partial charge in [-0.2, -0.15) is 13.5 Å². The summed E-state index contributed by atoms with van der Waals surface area (Å²) in [6.45, 7) is 1.49. The molecule has 146 valence electrons. The van der Waals surface area contributed by atoms with Crippen molar-refractivity contribution < 1.29 is 31.6 Å². The lowest BCUT2D eigenvalue weighted by atomic mass is 9.99. The summed E-state index contributed by atoms with van der Waals surface area (Å²) in [4.78, 5) is 37.8. The molecule has 3 rings (SSSR count). The fourth-order valence-corrected chi connectivity index (χ4v) is 3.88. The molecule has 3 fully saturated rings. The van der Waals surface area contributed by atoms with Crippen LogP contribution in [0.15, 0.2) is 0 Å². The fraction of sp³-hybridized carbons (Fsp3) is 0.769. The van der Waals surface area contributed by atoms with Crippen LogP contribution in [0, 0.1) is 5.92 Å². The van der Waals surface area contributed by atoms with E-state index in [4.69, 9.17) is 4.55 Å². The molecule has 4 N–H and O–H groups in total. The molecule has 0 saturated carbocycles. The van der Waals surface area contributed by atoms with Crippen LogP contribution in [0.4, 0.5) is 4.79 Å². The normalized spacial score (nSPS) is 28.8. The minimum absolute atomic E-state index is 0.0902. The standard InChI is InChI=1S/C13H21N5O7S/c19-11(8-2-1-5-14-6-8)15-16-12(20)10-4-3-9-7-17(10)13(21)18(9)25-26(22,23)24/h8-10,14H,1-7H2,(H,15,19)(H,16,20)(H,22,23,24)/t8?,9-,10-/m1/s1. The van der Waals surface area contributed by atoms with E-state index in [9.17, 15) is 22.8 Å². The van der Waals surface area contributed by atoms with Crippen LogP contribution in [0.3, 0.4) is 0 Å². The van der Waals surface area contributed by atoms with Gasteiger partial charge in [-0.05, 0) is 32.2 Å². The van der Waals surface area contributed by atoms with Crippen LogP contribution < -0.4 is 16.2 Å². The molecule has 26 heavy (non-hydrogen) atoms. The van der Waals surface area contributed by atoms with E-state index >= 15 is 0 Å². The van der Waals surface area contributed by atoms with Gasteiger partial charge in [0.15, 0.2) is 0 Å². The third kappa shape index (κ3) is 4.06. The zero-order valence-corrected chi connectivity index (χ0v) is 14.7. The van der Waals surface area contributed by atoms with Gasteiger partial charge in [-0.3, -0.25) is 25.0 Å². The summed E-state index contributed by atoms with van der Waals surface area (Å²) < 4.78 is 34.8. The quantitative estimate of drug-likeness (QED) is 0.321. The number of nitrogens with one attached hydrogen (secondary N) is 3. The molecule has 2 bridgehead atoms. The van der Waals surface area contributed by atoms with Crippen LogP contribution in [0.25, 0.3) is 0 Å². The number of carbonyl (C=O) groups excluding carboxylic acids is 3. The van der Waals surface area contributed by atoms with Crippen molar-refractivity contribution in [2.24, 2.45) is 5.92 Å². The van der Waals surface area contributed by atoms with E-state index in [-0.39, 0.29) is 24.8 Å². The Hall–Kier alpha value is -1.96. The van der Waals surface area contributed by atoms with Crippen molar-refractivity contribution in [3.8, 4) is 0 Å². The Labute approximate surface area is 150 Å². The van der Waals surface area contributed by atoms with E-state index < -0.39 is 34.4 Å². The van der Waals surface area contributed by atoms with Gasteiger partial charge in [0, 0.05) is 13.1 Å². The summed E-state index contributed by atoms with van der Waals surface area (Å²) in [7, 11) is -4.84. The Morgan fingerprint density at radius 3 is 2.58 bits per heavy atom. The van der Waals surface area contributed by atoms with E-state index in [1.165, 1.54) is 0 Å². The molecule has 3 aliphatic heterocycles. The van der Waals surface area contributed by atoms with Gasteiger partial charge in [-0.25, -0.2) is 4.79 Å². The van der Waals surface area contributed by atoms with Crippen molar-refractivity contribution in [1.82, 2.24) is 26.1 Å². The third-order valence-corrected chi connectivity index (χ3v) is 5.13. The minimum Gasteiger partial charge on any atom is -0.316 e. The van der Waals surface area contributed by atoms with Crippen LogP contribution in [-0.2, 0) is 24.3 Å². The maximum absolute atomic E-state index is 12.3. The maximum atomic E-state index is 12.3. The summed E-state index contributed by atoms with van der Waals surface area (Å²) >= 11 is 0. The highest BCUT2D eigenvalue weighted by Crippen LogP contribution is 2.30. The number of urea groups is 1. The molecule has 13 heteroatoms. The molecule has 0 radical (unpaired) electrons. The van der Waals surface area contributed by atoms with Crippen molar-refractivity contribution in [3.63, 3.8) is 0 Å². The molecular weight excluding hydrogens is 370 g/mol. The lowest BCUT2D eigenvalue weighted by Gasteiger charge is -2.29.